The molecular formula is C15H20N2O6. The Bertz CT molecular complexity index is 676. The molecule has 0 aliphatic carbocycles. The summed E-state index contributed by atoms with van der Waals surface area (Å²) in [5.74, 6) is -2.07. The normalized spacial score (nSPS) is 12.4. The topological polar surface area (TPSA) is 169 Å². The second-order valence-electron chi connectivity index (χ2n) is 5.13. The van der Waals surface area contributed by atoms with Gasteiger partial charge in [-0.05, 0) is 36.8 Å². The molecule has 8 N–H and O–H groups in total. The molecule has 0 radical (unpaired) electrons. The summed E-state index contributed by atoms with van der Waals surface area (Å²) in [6.45, 7) is 1.46. The van der Waals surface area contributed by atoms with E-state index in [0.29, 0.717) is 5.69 Å². The second-order valence-corrected chi connectivity index (χ2v) is 5.13. The van der Waals surface area contributed by atoms with E-state index in [1.165, 1.54) is 13.0 Å². The van der Waals surface area contributed by atoms with Gasteiger partial charge in [0.2, 0.25) is 0 Å². The highest BCUT2D eigenvalue weighted by molar-refractivity contribution is 5.86. The zero-order chi connectivity index (χ0) is 15.6. The summed E-state index contributed by atoms with van der Waals surface area (Å²) in [5.41, 5.74) is 6.00. The van der Waals surface area contributed by atoms with Crippen LogP contribution < -0.4 is 5.73 Å². The Morgan fingerprint density at radius 2 is 1.70 bits per heavy atom. The Morgan fingerprint density at radius 3 is 2.17 bits per heavy atom. The maximum Gasteiger partial charge on any atom is 0.352 e. The van der Waals surface area contributed by atoms with Crippen molar-refractivity contribution < 1.29 is 30.8 Å². The molecule has 0 spiro atoms. The van der Waals surface area contributed by atoms with E-state index in [-0.39, 0.29) is 23.1 Å². The van der Waals surface area contributed by atoms with Crippen LogP contribution in [0, 0.1) is 0 Å². The molecule has 1 heterocycles. The number of rotatable bonds is 5. The smallest absolute Gasteiger partial charge is 0.352 e. The van der Waals surface area contributed by atoms with Gasteiger partial charge in [-0.2, -0.15) is 0 Å². The molecule has 0 saturated carbocycles. The highest BCUT2D eigenvalue weighted by atomic mass is 16.4. The zero-order valence-corrected chi connectivity index (χ0v) is 12.5. The van der Waals surface area contributed by atoms with Crippen LogP contribution in [0.1, 0.15) is 23.0 Å². The SMILES string of the molecule is C[C@](N)(Cc1ccc(-n2cccc2C(=O)O)cc1)C(=O)O.O.O. The van der Waals surface area contributed by atoms with E-state index in [9.17, 15) is 9.59 Å². The summed E-state index contributed by atoms with van der Waals surface area (Å²) < 4.78 is 1.55. The molecule has 1 aromatic heterocycles. The quantitative estimate of drug-likeness (QED) is 0.694. The van der Waals surface area contributed by atoms with Crippen molar-refractivity contribution in [3.05, 3.63) is 53.9 Å². The van der Waals surface area contributed by atoms with Crippen LogP contribution in [-0.2, 0) is 11.2 Å². The lowest BCUT2D eigenvalue weighted by atomic mass is 9.94. The van der Waals surface area contributed by atoms with Crippen LogP contribution in [0.3, 0.4) is 0 Å². The van der Waals surface area contributed by atoms with Crippen LogP contribution >= 0.6 is 0 Å². The van der Waals surface area contributed by atoms with Gasteiger partial charge in [0.1, 0.15) is 11.2 Å². The summed E-state index contributed by atoms with van der Waals surface area (Å²) in [4.78, 5) is 22.1. The van der Waals surface area contributed by atoms with Crippen LogP contribution in [0.4, 0.5) is 0 Å². The molecule has 0 bridgehead atoms. The first kappa shape index (κ1) is 20.3. The van der Waals surface area contributed by atoms with Crippen molar-refractivity contribution >= 4 is 11.9 Å². The summed E-state index contributed by atoms with van der Waals surface area (Å²) >= 11 is 0. The van der Waals surface area contributed by atoms with Crippen molar-refractivity contribution in [3.63, 3.8) is 0 Å². The number of benzene rings is 1. The Morgan fingerprint density at radius 1 is 1.13 bits per heavy atom. The third-order valence-corrected chi connectivity index (χ3v) is 3.24. The Hall–Kier alpha value is -2.68. The molecule has 0 unspecified atom stereocenters. The molecule has 0 saturated heterocycles. The number of carboxylic acid groups (broad SMARTS) is 2. The molecule has 1 aromatic carbocycles. The van der Waals surface area contributed by atoms with E-state index in [1.807, 2.05) is 0 Å². The predicted molar refractivity (Wildman–Crippen MR) is 83.9 cm³/mol. The number of nitrogens with zero attached hydrogens (tertiary/aromatic N) is 1. The Labute approximate surface area is 132 Å². The average Bonchev–Trinajstić information content (AvgIpc) is 2.88. The molecule has 2 rings (SSSR count). The maximum absolute atomic E-state index is 11.1. The summed E-state index contributed by atoms with van der Waals surface area (Å²) in [5, 5.41) is 18.1. The van der Waals surface area contributed by atoms with Crippen molar-refractivity contribution in [2.45, 2.75) is 18.9 Å². The summed E-state index contributed by atoms with van der Waals surface area (Å²) in [7, 11) is 0. The lowest BCUT2D eigenvalue weighted by Crippen LogP contribution is -2.46. The number of hydrogen-bond acceptors (Lipinski definition) is 3. The van der Waals surface area contributed by atoms with Gasteiger partial charge in [-0.1, -0.05) is 12.1 Å². The molecule has 2 aromatic rings. The molecule has 8 heteroatoms. The van der Waals surface area contributed by atoms with Gasteiger partial charge >= 0.3 is 11.9 Å². The summed E-state index contributed by atoms with van der Waals surface area (Å²) in [6.07, 6.45) is 1.85. The Balaban J connectivity index is 0.00000242. The van der Waals surface area contributed by atoms with Gasteiger partial charge in [0.25, 0.3) is 0 Å². The average molecular weight is 324 g/mol. The molecule has 0 amide bonds. The zero-order valence-electron chi connectivity index (χ0n) is 12.5. The van der Waals surface area contributed by atoms with Gasteiger partial charge in [0, 0.05) is 18.3 Å². The van der Waals surface area contributed by atoms with Crippen LogP contribution in [0.25, 0.3) is 5.69 Å². The predicted octanol–water partition coefficient (Wildman–Crippen LogP) is -0.129. The van der Waals surface area contributed by atoms with Crippen molar-refractivity contribution in [1.82, 2.24) is 4.57 Å². The van der Waals surface area contributed by atoms with Crippen LogP contribution in [0.2, 0.25) is 0 Å². The van der Waals surface area contributed by atoms with E-state index in [0.717, 1.165) is 5.56 Å². The molecule has 0 aliphatic heterocycles. The number of aromatic carboxylic acids is 1. The van der Waals surface area contributed by atoms with Gasteiger partial charge in [-0.25, -0.2) is 4.79 Å². The minimum atomic E-state index is -1.33. The van der Waals surface area contributed by atoms with Crippen molar-refractivity contribution in [3.8, 4) is 5.69 Å². The van der Waals surface area contributed by atoms with E-state index in [1.54, 1.807) is 41.1 Å². The largest absolute Gasteiger partial charge is 0.480 e. The standard InChI is InChI=1S/C15H16N2O4.2H2O/c1-15(16,14(20)21)9-10-4-6-11(7-5-10)17-8-2-3-12(17)13(18)19;;/h2-8H,9,16H2,1H3,(H,18,19)(H,20,21);2*1H2/t15-;;/m0../s1. The molecule has 1 atom stereocenters. The van der Waals surface area contributed by atoms with Crippen molar-refractivity contribution in [1.29, 1.82) is 0 Å². The third kappa shape index (κ3) is 4.39. The van der Waals surface area contributed by atoms with Crippen LogP contribution in [0.5, 0.6) is 0 Å². The number of aliphatic carboxylic acids is 1. The molecule has 126 valence electrons. The number of nitrogens with two attached hydrogens (primary N) is 1. The number of carboxylic acids is 2. The van der Waals surface area contributed by atoms with E-state index < -0.39 is 17.5 Å². The lowest BCUT2D eigenvalue weighted by molar-refractivity contribution is -0.142. The number of aromatic nitrogens is 1. The van der Waals surface area contributed by atoms with Crippen LogP contribution in [0.15, 0.2) is 42.6 Å². The minimum absolute atomic E-state index is 0. The summed E-state index contributed by atoms with van der Waals surface area (Å²) in [6, 6.07) is 10.1. The monoisotopic (exact) mass is 324 g/mol. The molecule has 0 aliphatic rings. The number of carbonyl (C=O) groups is 2. The Kier molecular flexibility index (Phi) is 6.66. The van der Waals surface area contributed by atoms with Crippen molar-refractivity contribution in [2.75, 3.05) is 0 Å². The fraction of sp³-hybridized carbons (Fsp3) is 0.200. The molecule has 8 nitrogen and oxygen atoms in total. The second kappa shape index (κ2) is 7.54. The highest BCUT2D eigenvalue weighted by Crippen LogP contribution is 2.17. The van der Waals surface area contributed by atoms with E-state index in [4.69, 9.17) is 15.9 Å². The van der Waals surface area contributed by atoms with E-state index >= 15 is 0 Å². The molecule has 0 fully saturated rings. The molecular weight excluding hydrogens is 304 g/mol. The van der Waals surface area contributed by atoms with Crippen molar-refractivity contribution in [2.24, 2.45) is 5.73 Å². The van der Waals surface area contributed by atoms with Crippen LogP contribution in [-0.4, -0.2) is 43.2 Å². The van der Waals surface area contributed by atoms with Gasteiger partial charge < -0.3 is 31.5 Å². The fourth-order valence-electron chi connectivity index (χ4n) is 2.05. The maximum atomic E-state index is 11.1. The lowest BCUT2D eigenvalue weighted by Gasteiger charge is -2.19. The highest BCUT2D eigenvalue weighted by Gasteiger charge is 2.27. The molecule has 23 heavy (non-hydrogen) atoms. The fourth-order valence-corrected chi connectivity index (χ4v) is 2.05. The van der Waals surface area contributed by atoms with Gasteiger partial charge in [0.15, 0.2) is 0 Å². The van der Waals surface area contributed by atoms with Gasteiger partial charge in [0.05, 0.1) is 0 Å². The minimum Gasteiger partial charge on any atom is -0.480 e. The van der Waals surface area contributed by atoms with E-state index in [2.05, 4.69) is 0 Å². The van der Waals surface area contributed by atoms with Gasteiger partial charge in [-0.3, -0.25) is 4.79 Å². The van der Waals surface area contributed by atoms with Gasteiger partial charge in [-0.15, -0.1) is 0 Å². The number of hydrogen-bond donors (Lipinski definition) is 3. The third-order valence-electron chi connectivity index (χ3n) is 3.24. The first-order valence-corrected chi connectivity index (χ1v) is 6.33. The first-order valence-electron chi connectivity index (χ1n) is 6.33. The first-order chi connectivity index (χ1) is 9.81.